The van der Waals surface area contributed by atoms with Gasteiger partial charge in [0.15, 0.2) is 0 Å². The predicted octanol–water partition coefficient (Wildman–Crippen LogP) is 2.57. The van der Waals surface area contributed by atoms with Crippen LogP contribution in [0.4, 0.5) is 5.69 Å². The fourth-order valence-electron chi connectivity index (χ4n) is 1.49. The van der Waals surface area contributed by atoms with Gasteiger partial charge in [-0.05, 0) is 30.0 Å². The van der Waals surface area contributed by atoms with Gasteiger partial charge in [0.2, 0.25) is 0 Å². The SMILES string of the molecule is CCC(C)c1ccc(C(=O)OC)cc1N. The maximum absolute atomic E-state index is 11.2. The van der Waals surface area contributed by atoms with Gasteiger partial charge >= 0.3 is 5.97 Å². The van der Waals surface area contributed by atoms with E-state index in [0.29, 0.717) is 17.2 Å². The predicted molar refractivity (Wildman–Crippen MR) is 60.9 cm³/mol. The molecule has 15 heavy (non-hydrogen) atoms. The summed E-state index contributed by atoms with van der Waals surface area (Å²) in [4.78, 5) is 11.2. The highest BCUT2D eigenvalue weighted by Crippen LogP contribution is 2.25. The van der Waals surface area contributed by atoms with Gasteiger partial charge in [0, 0.05) is 5.69 Å². The zero-order valence-corrected chi connectivity index (χ0v) is 9.41. The first kappa shape index (κ1) is 11.6. The van der Waals surface area contributed by atoms with E-state index in [1.54, 1.807) is 12.1 Å². The van der Waals surface area contributed by atoms with Gasteiger partial charge in [-0.1, -0.05) is 19.9 Å². The number of nitrogens with two attached hydrogens (primary N) is 1. The maximum atomic E-state index is 11.2. The summed E-state index contributed by atoms with van der Waals surface area (Å²) in [5, 5.41) is 0. The molecule has 1 atom stereocenters. The third-order valence-electron chi connectivity index (χ3n) is 2.65. The van der Waals surface area contributed by atoms with E-state index in [9.17, 15) is 4.79 Å². The smallest absolute Gasteiger partial charge is 0.337 e. The second-order valence-corrected chi connectivity index (χ2v) is 3.64. The standard InChI is InChI=1S/C12H17NO2/c1-4-8(2)10-6-5-9(7-11(10)13)12(14)15-3/h5-8H,4,13H2,1-3H3. The minimum atomic E-state index is -0.350. The van der Waals surface area contributed by atoms with E-state index < -0.39 is 0 Å². The third kappa shape index (κ3) is 2.49. The van der Waals surface area contributed by atoms with E-state index in [1.807, 2.05) is 6.07 Å². The summed E-state index contributed by atoms with van der Waals surface area (Å²) in [6, 6.07) is 5.33. The van der Waals surface area contributed by atoms with Crippen LogP contribution in [0.5, 0.6) is 0 Å². The molecule has 1 rings (SSSR count). The number of hydrogen-bond donors (Lipinski definition) is 1. The lowest BCUT2D eigenvalue weighted by molar-refractivity contribution is 0.0601. The van der Waals surface area contributed by atoms with E-state index in [2.05, 4.69) is 18.6 Å². The van der Waals surface area contributed by atoms with Gasteiger partial charge in [-0.15, -0.1) is 0 Å². The van der Waals surface area contributed by atoms with Crippen molar-refractivity contribution in [3.8, 4) is 0 Å². The highest BCUT2D eigenvalue weighted by molar-refractivity contribution is 5.90. The zero-order chi connectivity index (χ0) is 11.4. The Morgan fingerprint density at radius 1 is 1.53 bits per heavy atom. The molecular formula is C12H17NO2. The van der Waals surface area contributed by atoms with Crippen LogP contribution >= 0.6 is 0 Å². The second kappa shape index (κ2) is 4.82. The van der Waals surface area contributed by atoms with E-state index in [1.165, 1.54) is 7.11 Å². The number of ether oxygens (including phenoxy) is 1. The molecule has 0 bridgehead atoms. The monoisotopic (exact) mass is 207 g/mol. The van der Waals surface area contributed by atoms with E-state index >= 15 is 0 Å². The van der Waals surface area contributed by atoms with E-state index in [0.717, 1.165) is 12.0 Å². The summed E-state index contributed by atoms with van der Waals surface area (Å²) >= 11 is 0. The third-order valence-corrected chi connectivity index (χ3v) is 2.65. The lowest BCUT2D eigenvalue weighted by atomic mass is 9.96. The molecule has 0 spiro atoms. The Kier molecular flexibility index (Phi) is 3.72. The number of nitrogen functional groups attached to an aromatic ring is 1. The van der Waals surface area contributed by atoms with Crippen molar-refractivity contribution in [3.05, 3.63) is 29.3 Å². The van der Waals surface area contributed by atoms with Crippen molar-refractivity contribution >= 4 is 11.7 Å². The number of hydrogen-bond acceptors (Lipinski definition) is 3. The second-order valence-electron chi connectivity index (χ2n) is 3.64. The Labute approximate surface area is 90.2 Å². The molecule has 3 heteroatoms. The van der Waals surface area contributed by atoms with Crippen LogP contribution in [-0.2, 0) is 4.74 Å². The fraction of sp³-hybridized carbons (Fsp3) is 0.417. The van der Waals surface area contributed by atoms with Crippen LogP contribution in [0.2, 0.25) is 0 Å². The molecule has 0 fully saturated rings. The summed E-state index contributed by atoms with van der Waals surface area (Å²) in [5.74, 6) is 0.0640. The van der Waals surface area contributed by atoms with E-state index in [4.69, 9.17) is 5.73 Å². The lowest BCUT2D eigenvalue weighted by Gasteiger charge is -2.12. The van der Waals surface area contributed by atoms with Crippen LogP contribution in [0.1, 0.15) is 42.1 Å². The molecular weight excluding hydrogens is 190 g/mol. The Balaban J connectivity index is 3.03. The summed E-state index contributed by atoms with van der Waals surface area (Å²) in [6.07, 6.45) is 1.03. The minimum Gasteiger partial charge on any atom is -0.465 e. The van der Waals surface area contributed by atoms with E-state index in [-0.39, 0.29) is 5.97 Å². The molecule has 0 aliphatic carbocycles. The summed E-state index contributed by atoms with van der Waals surface area (Å²) in [6.45, 7) is 4.22. The first-order chi connectivity index (χ1) is 7.10. The molecule has 0 heterocycles. The Bertz CT molecular complexity index is 361. The average molecular weight is 207 g/mol. The largest absolute Gasteiger partial charge is 0.465 e. The molecule has 0 saturated heterocycles. The Morgan fingerprint density at radius 3 is 2.67 bits per heavy atom. The van der Waals surface area contributed by atoms with Crippen LogP contribution < -0.4 is 5.73 Å². The molecule has 1 unspecified atom stereocenters. The molecule has 2 N–H and O–H groups in total. The van der Waals surface area contributed by atoms with Crippen molar-refractivity contribution in [1.29, 1.82) is 0 Å². The number of rotatable bonds is 3. The molecule has 0 saturated carbocycles. The highest BCUT2D eigenvalue weighted by Gasteiger charge is 2.11. The zero-order valence-electron chi connectivity index (χ0n) is 9.41. The van der Waals surface area contributed by atoms with Gasteiger partial charge in [-0.3, -0.25) is 0 Å². The fourth-order valence-corrected chi connectivity index (χ4v) is 1.49. The molecule has 82 valence electrons. The normalized spacial score (nSPS) is 12.2. The first-order valence-electron chi connectivity index (χ1n) is 5.07. The topological polar surface area (TPSA) is 52.3 Å². The molecule has 0 aliphatic heterocycles. The van der Waals surface area contributed by atoms with Gasteiger partial charge in [0.1, 0.15) is 0 Å². The number of anilines is 1. The van der Waals surface area contributed by atoms with Crippen molar-refractivity contribution in [2.45, 2.75) is 26.2 Å². The molecule has 0 aliphatic rings. The molecule has 1 aromatic rings. The van der Waals surface area contributed by atoms with Crippen molar-refractivity contribution in [3.63, 3.8) is 0 Å². The Morgan fingerprint density at radius 2 is 2.20 bits per heavy atom. The molecule has 0 aromatic heterocycles. The van der Waals surface area contributed by atoms with Crippen molar-refractivity contribution in [2.75, 3.05) is 12.8 Å². The van der Waals surface area contributed by atoms with Gasteiger partial charge < -0.3 is 10.5 Å². The summed E-state index contributed by atoms with van der Waals surface area (Å²) in [7, 11) is 1.36. The van der Waals surface area contributed by atoms with Crippen molar-refractivity contribution < 1.29 is 9.53 Å². The number of carbonyl (C=O) groups excluding carboxylic acids is 1. The van der Waals surface area contributed by atoms with Crippen LogP contribution in [-0.4, -0.2) is 13.1 Å². The van der Waals surface area contributed by atoms with Crippen LogP contribution in [0, 0.1) is 0 Å². The van der Waals surface area contributed by atoms with Gasteiger partial charge in [0.25, 0.3) is 0 Å². The van der Waals surface area contributed by atoms with Crippen LogP contribution in [0.3, 0.4) is 0 Å². The number of benzene rings is 1. The first-order valence-corrected chi connectivity index (χ1v) is 5.07. The van der Waals surface area contributed by atoms with Crippen molar-refractivity contribution in [2.24, 2.45) is 0 Å². The highest BCUT2D eigenvalue weighted by atomic mass is 16.5. The molecule has 0 amide bonds. The van der Waals surface area contributed by atoms with Gasteiger partial charge in [-0.25, -0.2) is 4.79 Å². The molecule has 0 radical (unpaired) electrons. The van der Waals surface area contributed by atoms with Gasteiger partial charge in [-0.2, -0.15) is 0 Å². The molecule has 1 aromatic carbocycles. The lowest BCUT2D eigenvalue weighted by Crippen LogP contribution is -2.05. The van der Waals surface area contributed by atoms with Crippen LogP contribution in [0.15, 0.2) is 18.2 Å². The minimum absolute atomic E-state index is 0.350. The average Bonchev–Trinajstić information content (AvgIpc) is 2.26. The van der Waals surface area contributed by atoms with Crippen molar-refractivity contribution in [1.82, 2.24) is 0 Å². The van der Waals surface area contributed by atoms with Crippen LogP contribution in [0.25, 0.3) is 0 Å². The summed E-state index contributed by atoms with van der Waals surface area (Å²) < 4.78 is 4.62. The number of carbonyl (C=O) groups is 1. The quantitative estimate of drug-likeness (QED) is 0.612. The number of methoxy groups -OCH3 is 1. The maximum Gasteiger partial charge on any atom is 0.337 e. The summed E-state index contributed by atoms with van der Waals surface area (Å²) in [5.41, 5.74) is 8.13. The Hall–Kier alpha value is -1.51. The number of esters is 1. The van der Waals surface area contributed by atoms with Gasteiger partial charge in [0.05, 0.1) is 12.7 Å². The molecule has 3 nitrogen and oxygen atoms in total.